The number of nitrogens with one attached hydrogen (secondary N) is 1. The van der Waals surface area contributed by atoms with E-state index in [0.29, 0.717) is 11.5 Å². The molecular weight excluding hydrogens is 199 g/mol. The highest BCUT2D eigenvalue weighted by molar-refractivity contribution is 7.52. The van der Waals surface area contributed by atoms with Crippen molar-refractivity contribution in [3.63, 3.8) is 0 Å². The molecule has 13 heavy (non-hydrogen) atoms. The Kier molecular flexibility index (Phi) is 3.05. The van der Waals surface area contributed by atoms with Crippen molar-refractivity contribution in [2.24, 2.45) is 0 Å². The summed E-state index contributed by atoms with van der Waals surface area (Å²) < 4.78 is 10.7. The van der Waals surface area contributed by atoms with Gasteiger partial charge in [-0.15, -0.1) is 0 Å². The monoisotopic (exact) mass is 210 g/mol. The van der Waals surface area contributed by atoms with Crippen LogP contribution >= 0.6 is 7.60 Å². The molecule has 4 N–H and O–H groups in total. The van der Waals surface area contributed by atoms with Gasteiger partial charge in [0.1, 0.15) is 11.9 Å². The van der Waals surface area contributed by atoms with Crippen LogP contribution in [-0.2, 0) is 9.36 Å². The highest BCUT2D eigenvalue weighted by Gasteiger charge is 2.37. The molecule has 0 saturated carbocycles. The SMILES string of the molecule is O=CN(O)C1CCC(P(=O)(O)O)N1. The molecule has 0 radical (unpaired) electrons. The molecular formula is C5H11N2O5P. The van der Waals surface area contributed by atoms with Crippen LogP contribution in [0.3, 0.4) is 0 Å². The van der Waals surface area contributed by atoms with E-state index in [2.05, 4.69) is 5.32 Å². The van der Waals surface area contributed by atoms with E-state index in [0.717, 1.165) is 0 Å². The highest BCUT2D eigenvalue weighted by Crippen LogP contribution is 2.44. The number of carbonyl (C=O) groups is 1. The summed E-state index contributed by atoms with van der Waals surface area (Å²) in [6.45, 7) is 0. The van der Waals surface area contributed by atoms with Gasteiger partial charge < -0.3 is 9.79 Å². The van der Waals surface area contributed by atoms with Gasteiger partial charge in [-0.05, 0) is 12.8 Å². The number of carbonyl (C=O) groups excluding carboxylic acids is 1. The van der Waals surface area contributed by atoms with Crippen LogP contribution in [0.1, 0.15) is 12.8 Å². The highest BCUT2D eigenvalue weighted by atomic mass is 31.2. The summed E-state index contributed by atoms with van der Waals surface area (Å²) in [5.41, 5.74) is 0. The molecule has 1 saturated heterocycles. The molecule has 0 aromatic rings. The largest absolute Gasteiger partial charge is 0.342 e. The number of nitrogens with zero attached hydrogens (tertiary/aromatic N) is 1. The molecule has 1 rings (SSSR count). The first kappa shape index (κ1) is 10.6. The quantitative estimate of drug-likeness (QED) is 0.207. The molecule has 8 heteroatoms. The van der Waals surface area contributed by atoms with Gasteiger partial charge in [0.25, 0.3) is 0 Å². The van der Waals surface area contributed by atoms with Gasteiger partial charge in [-0.3, -0.25) is 19.9 Å². The standard InChI is InChI=1S/C5H11N2O5P/c8-3-7(9)4-1-2-5(6-4)13(10,11)12/h3-6,9H,1-2H2,(H2,10,11,12). The van der Waals surface area contributed by atoms with Crippen molar-refractivity contribution in [1.82, 2.24) is 10.4 Å². The van der Waals surface area contributed by atoms with Crippen molar-refractivity contribution in [1.29, 1.82) is 0 Å². The molecule has 1 aliphatic rings. The number of hydrogen-bond donors (Lipinski definition) is 4. The molecule has 1 fully saturated rings. The Morgan fingerprint density at radius 2 is 2.08 bits per heavy atom. The molecule has 7 nitrogen and oxygen atoms in total. The number of rotatable bonds is 3. The maximum absolute atomic E-state index is 10.7. The molecule has 1 aliphatic heterocycles. The van der Waals surface area contributed by atoms with Gasteiger partial charge in [0.15, 0.2) is 0 Å². The van der Waals surface area contributed by atoms with Gasteiger partial charge in [-0.25, -0.2) is 5.06 Å². The molecule has 2 atom stereocenters. The van der Waals surface area contributed by atoms with Crippen molar-refractivity contribution in [3.05, 3.63) is 0 Å². The second kappa shape index (κ2) is 3.73. The smallest absolute Gasteiger partial charge is 0.323 e. The van der Waals surface area contributed by atoms with Crippen LogP contribution in [0.25, 0.3) is 0 Å². The fourth-order valence-corrected chi connectivity index (χ4v) is 2.10. The Labute approximate surface area is 74.5 Å². The van der Waals surface area contributed by atoms with Gasteiger partial charge in [0.05, 0.1) is 0 Å². The van der Waals surface area contributed by atoms with Crippen LogP contribution in [0.2, 0.25) is 0 Å². The van der Waals surface area contributed by atoms with Gasteiger partial charge in [-0.1, -0.05) is 0 Å². The van der Waals surface area contributed by atoms with Crippen LogP contribution < -0.4 is 5.32 Å². The summed E-state index contributed by atoms with van der Waals surface area (Å²) in [5, 5.41) is 11.7. The number of amides is 1. The number of hydroxylamine groups is 2. The van der Waals surface area contributed by atoms with Crippen molar-refractivity contribution in [3.8, 4) is 0 Å². The van der Waals surface area contributed by atoms with E-state index in [-0.39, 0.29) is 12.8 Å². The van der Waals surface area contributed by atoms with Crippen LogP contribution in [0.4, 0.5) is 0 Å². The Balaban J connectivity index is 2.54. The molecule has 76 valence electrons. The second-order valence-electron chi connectivity index (χ2n) is 2.85. The van der Waals surface area contributed by atoms with E-state index in [1.54, 1.807) is 0 Å². The summed E-state index contributed by atoms with van der Waals surface area (Å²) in [7, 11) is -4.17. The van der Waals surface area contributed by atoms with Crippen LogP contribution in [0.15, 0.2) is 0 Å². The predicted octanol–water partition coefficient (Wildman–Crippen LogP) is -0.953. The maximum atomic E-state index is 10.7. The van der Waals surface area contributed by atoms with Crippen LogP contribution in [-0.4, -0.2) is 38.4 Å². The third-order valence-electron chi connectivity index (χ3n) is 1.93. The maximum Gasteiger partial charge on any atom is 0.342 e. The lowest BCUT2D eigenvalue weighted by atomic mass is 10.3. The average molecular weight is 210 g/mol. The fraction of sp³-hybridized carbons (Fsp3) is 0.800. The van der Waals surface area contributed by atoms with E-state index in [1.165, 1.54) is 0 Å². The number of hydrogen-bond acceptors (Lipinski definition) is 4. The zero-order valence-electron chi connectivity index (χ0n) is 6.70. The Morgan fingerprint density at radius 1 is 1.46 bits per heavy atom. The molecule has 1 heterocycles. The van der Waals surface area contributed by atoms with Crippen molar-refractivity contribution in [2.75, 3.05) is 0 Å². The normalized spacial score (nSPS) is 28.8. The van der Waals surface area contributed by atoms with E-state index < -0.39 is 19.5 Å². The molecule has 2 unspecified atom stereocenters. The first-order chi connectivity index (χ1) is 5.95. The summed E-state index contributed by atoms with van der Waals surface area (Å²) in [6.07, 6.45) is 0.0556. The zero-order valence-corrected chi connectivity index (χ0v) is 7.59. The van der Waals surface area contributed by atoms with Crippen molar-refractivity contribution in [2.45, 2.75) is 24.8 Å². The molecule has 0 spiro atoms. The van der Waals surface area contributed by atoms with Gasteiger partial charge in [0, 0.05) is 0 Å². The summed E-state index contributed by atoms with van der Waals surface area (Å²) in [5.74, 6) is -0.966. The second-order valence-corrected chi connectivity index (χ2v) is 4.65. The fourth-order valence-electron chi connectivity index (χ4n) is 1.25. The lowest BCUT2D eigenvalue weighted by Crippen LogP contribution is -2.41. The average Bonchev–Trinajstić information content (AvgIpc) is 2.50. The van der Waals surface area contributed by atoms with Crippen LogP contribution in [0, 0.1) is 0 Å². The van der Waals surface area contributed by atoms with Crippen LogP contribution in [0.5, 0.6) is 0 Å². The molecule has 0 aliphatic carbocycles. The van der Waals surface area contributed by atoms with Gasteiger partial charge in [0.2, 0.25) is 6.41 Å². The minimum Gasteiger partial charge on any atom is -0.323 e. The predicted molar refractivity (Wildman–Crippen MR) is 41.7 cm³/mol. The lowest BCUT2D eigenvalue weighted by Gasteiger charge is -2.19. The minimum atomic E-state index is -4.17. The minimum absolute atomic E-state index is 0.194. The van der Waals surface area contributed by atoms with E-state index in [9.17, 15) is 9.36 Å². The van der Waals surface area contributed by atoms with Gasteiger partial charge in [-0.2, -0.15) is 0 Å². The summed E-state index contributed by atoms with van der Waals surface area (Å²) in [6, 6.07) is 0. The summed E-state index contributed by atoms with van der Waals surface area (Å²) in [4.78, 5) is 27.6. The third kappa shape index (κ3) is 2.49. The first-order valence-corrected chi connectivity index (χ1v) is 5.37. The Hall–Kier alpha value is -0.460. The molecule has 0 bridgehead atoms. The topological polar surface area (TPSA) is 110 Å². The van der Waals surface area contributed by atoms with E-state index in [4.69, 9.17) is 15.0 Å². The summed E-state index contributed by atoms with van der Waals surface area (Å²) >= 11 is 0. The van der Waals surface area contributed by atoms with E-state index in [1.807, 2.05) is 0 Å². The molecule has 1 amide bonds. The Bertz CT molecular complexity index is 241. The lowest BCUT2D eigenvalue weighted by molar-refractivity contribution is -0.161. The Morgan fingerprint density at radius 3 is 2.46 bits per heavy atom. The van der Waals surface area contributed by atoms with E-state index >= 15 is 0 Å². The third-order valence-corrected chi connectivity index (χ3v) is 3.15. The zero-order chi connectivity index (χ0) is 10.1. The first-order valence-electron chi connectivity index (χ1n) is 3.69. The van der Waals surface area contributed by atoms with Gasteiger partial charge >= 0.3 is 7.60 Å². The van der Waals surface area contributed by atoms with Crippen molar-refractivity contribution >= 4 is 14.0 Å². The van der Waals surface area contributed by atoms with Crippen molar-refractivity contribution < 1.29 is 24.4 Å². The molecule has 0 aromatic carbocycles. The molecule has 0 aromatic heterocycles.